The van der Waals surface area contributed by atoms with Gasteiger partial charge in [0, 0.05) is 23.6 Å². The molecule has 1 saturated heterocycles. The minimum atomic E-state index is -0.251. The zero-order chi connectivity index (χ0) is 11.5. The highest BCUT2D eigenvalue weighted by molar-refractivity contribution is 6.31. The van der Waals surface area contributed by atoms with Crippen LogP contribution in [-0.4, -0.2) is 20.3 Å². The van der Waals surface area contributed by atoms with E-state index in [2.05, 4.69) is 5.32 Å². The van der Waals surface area contributed by atoms with Crippen molar-refractivity contribution in [2.24, 2.45) is 5.92 Å². The fraction of sp³-hybridized carbons (Fsp3) is 0.500. The summed E-state index contributed by atoms with van der Waals surface area (Å²) in [5.41, 5.74) is 0.819. The van der Waals surface area contributed by atoms with Gasteiger partial charge in [-0.15, -0.1) is 0 Å². The van der Waals surface area contributed by atoms with Gasteiger partial charge in [0.05, 0.1) is 6.61 Å². The van der Waals surface area contributed by atoms with E-state index in [0.717, 1.165) is 18.6 Å². The Labute approximate surface area is 99.7 Å². The minimum absolute atomic E-state index is 0.0608. The van der Waals surface area contributed by atoms with Crippen LogP contribution < -0.4 is 5.32 Å². The van der Waals surface area contributed by atoms with Gasteiger partial charge in [-0.1, -0.05) is 11.6 Å². The van der Waals surface area contributed by atoms with Gasteiger partial charge in [0.25, 0.3) is 0 Å². The van der Waals surface area contributed by atoms with E-state index in [1.54, 1.807) is 6.07 Å². The SMILES string of the molecule is CNC(c1cc(F)ccc1Cl)C1CCOC1. The maximum atomic E-state index is 13.2. The Bertz CT molecular complexity index is 366. The van der Waals surface area contributed by atoms with Gasteiger partial charge in [-0.3, -0.25) is 0 Å². The second-order valence-electron chi connectivity index (χ2n) is 4.06. The highest BCUT2D eigenvalue weighted by Crippen LogP contribution is 2.32. The fourth-order valence-electron chi connectivity index (χ4n) is 2.21. The molecule has 1 N–H and O–H groups in total. The van der Waals surface area contributed by atoms with E-state index in [4.69, 9.17) is 16.3 Å². The lowest BCUT2D eigenvalue weighted by Crippen LogP contribution is -2.26. The number of ether oxygens (including phenoxy) is 1. The zero-order valence-corrected chi connectivity index (χ0v) is 9.93. The molecular formula is C12H15ClFNO. The Morgan fingerprint density at radius 2 is 2.38 bits per heavy atom. The molecule has 0 bridgehead atoms. The first-order valence-corrected chi connectivity index (χ1v) is 5.80. The number of hydrogen-bond donors (Lipinski definition) is 1. The van der Waals surface area contributed by atoms with Crippen molar-refractivity contribution in [1.29, 1.82) is 0 Å². The fourth-order valence-corrected chi connectivity index (χ4v) is 2.45. The smallest absolute Gasteiger partial charge is 0.123 e. The quantitative estimate of drug-likeness (QED) is 0.882. The van der Waals surface area contributed by atoms with E-state index in [9.17, 15) is 4.39 Å². The van der Waals surface area contributed by atoms with Gasteiger partial charge in [-0.2, -0.15) is 0 Å². The van der Waals surface area contributed by atoms with Gasteiger partial charge in [0.2, 0.25) is 0 Å². The van der Waals surface area contributed by atoms with Crippen LogP contribution in [0, 0.1) is 11.7 Å². The number of halogens is 2. The summed E-state index contributed by atoms with van der Waals surface area (Å²) in [6.45, 7) is 1.48. The lowest BCUT2D eigenvalue weighted by atomic mass is 9.92. The minimum Gasteiger partial charge on any atom is -0.381 e. The summed E-state index contributed by atoms with van der Waals surface area (Å²) in [7, 11) is 1.87. The molecule has 0 radical (unpaired) electrons. The van der Waals surface area contributed by atoms with Crippen molar-refractivity contribution in [1.82, 2.24) is 5.32 Å². The van der Waals surface area contributed by atoms with Crippen LogP contribution in [0.5, 0.6) is 0 Å². The maximum Gasteiger partial charge on any atom is 0.123 e. The maximum absolute atomic E-state index is 13.2. The van der Waals surface area contributed by atoms with Gasteiger partial charge < -0.3 is 10.1 Å². The molecule has 0 spiro atoms. The van der Waals surface area contributed by atoms with E-state index in [0.29, 0.717) is 17.5 Å². The zero-order valence-electron chi connectivity index (χ0n) is 9.17. The van der Waals surface area contributed by atoms with Crippen LogP contribution in [0.2, 0.25) is 5.02 Å². The Hall–Kier alpha value is -0.640. The van der Waals surface area contributed by atoms with Gasteiger partial charge >= 0.3 is 0 Å². The first-order valence-electron chi connectivity index (χ1n) is 5.42. The standard InChI is InChI=1S/C12H15ClFNO/c1-15-12(8-4-5-16-7-8)10-6-9(14)2-3-11(10)13/h2-3,6,8,12,15H,4-5,7H2,1H3. The molecule has 0 saturated carbocycles. The first kappa shape index (κ1) is 11.8. The Morgan fingerprint density at radius 3 is 3.00 bits per heavy atom. The lowest BCUT2D eigenvalue weighted by molar-refractivity contribution is 0.178. The summed E-state index contributed by atoms with van der Waals surface area (Å²) >= 11 is 6.10. The van der Waals surface area contributed by atoms with Crippen molar-refractivity contribution in [2.75, 3.05) is 20.3 Å². The van der Waals surface area contributed by atoms with Crippen molar-refractivity contribution in [2.45, 2.75) is 12.5 Å². The molecule has 2 nitrogen and oxygen atoms in total. The molecule has 2 atom stereocenters. The molecule has 1 aliphatic heterocycles. The van der Waals surface area contributed by atoms with Crippen LogP contribution in [-0.2, 0) is 4.74 Å². The topological polar surface area (TPSA) is 21.3 Å². The van der Waals surface area contributed by atoms with Crippen molar-refractivity contribution in [3.63, 3.8) is 0 Å². The van der Waals surface area contributed by atoms with E-state index in [1.165, 1.54) is 12.1 Å². The average Bonchev–Trinajstić information content (AvgIpc) is 2.78. The van der Waals surface area contributed by atoms with E-state index in [-0.39, 0.29) is 11.9 Å². The summed E-state index contributed by atoms with van der Waals surface area (Å²) in [4.78, 5) is 0. The van der Waals surface area contributed by atoms with E-state index < -0.39 is 0 Å². The molecular weight excluding hydrogens is 229 g/mol. The molecule has 2 rings (SSSR count). The van der Waals surface area contributed by atoms with Crippen molar-refractivity contribution < 1.29 is 9.13 Å². The van der Waals surface area contributed by atoms with E-state index >= 15 is 0 Å². The molecule has 16 heavy (non-hydrogen) atoms. The van der Waals surface area contributed by atoms with Gasteiger partial charge in [-0.25, -0.2) is 4.39 Å². The summed E-state index contributed by atoms with van der Waals surface area (Å²) in [6, 6.07) is 4.54. The highest BCUT2D eigenvalue weighted by atomic mass is 35.5. The largest absolute Gasteiger partial charge is 0.381 e. The third-order valence-electron chi connectivity index (χ3n) is 3.04. The molecule has 1 fully saturated rings. The Balaban J connectivity index is 2.28. The summed E-state index contributed by atoms with van der Waals surface area (Å²) in [5, 5.41) is 3.80. The van der Waals surface area contributed by atoms with Crippen molar-refractivity contribution in [3.8, 4) is 0 Å². The third kappa shape index (κ3) is 2.37. The molecule has 4 heteroatoms. The molecule has 0 aliphatic carbocycles. The highest BCUT2D eigenvalue weighted by Gasteiger charge is 2.27. The number of benzene rings is 1. The monoisotopic (exact) mass is 243 g/mol. The molecule has 1 aliphatic rings. The van der Waals surface area contributed by atoms with Crippen LogP contribution in [0.15, 0.2) is 18.2 Å². The summed E-state index contributed by atoms with van der Waals surface area (Å²) in [6.07, 6.45) is 0.984. The predicted octanol–water partition coefficient (Wildman–Crippen LogP) is 2.78. The number of hydrogen-bond acceptors (Lipinski definition) is 2. The second kappa shape index (κ2) is 5.13. The van der Waals surface area contributed by atoms with Crippen molar-refractivity contribution in [3.05, 3.63) is 34.6 Å². The third-order valence-corrected chi connectivity index (χ3v) is 3.38. The van der Waals surface area contributed by atoms with Gasteiger partial charge in [0.15, 0.2) is 0 Å². The molecule has 1 aromatic rings. The second-order valence-corrected chi connectivity index (χ2v) is 4.46. The van der Waals surface area contributed by atoms with Gasteiger partial charge in [0.1, 0.15) is 5.82 Å². The normalized spacial score (nSPS) is 22.3. The summed E-state index contributed by atoms with van der Waals surface area (Å²) in [5.74, 6) is 0.114. The Kier molecular flexibility index (Phi) is 3.79. The van der Waals surface area contributed by atoms with E-state index in [1.807, 2.05) is 7.05 Å². The number of nitrogens with one attached hydrogen (secondary N) is 1. The number of rotatable bonds is 3. The molecule has 2 unspecified atom stereocenters. The van der Waals surface area contributed by atoms with Crippen LogP contribution in [0.1, 0.15) is 18.0 Å². The molecule has 1 heterocycles. The van der Waals surface area contributed by atoms with Crippen molar-refractivity contribution >= 4 is 11.6 Å². The lowest BCUT2D eigenvalue weighted by Gasteiger charge is -2.23. The molecule has 0 aromatic heterocycles. The van der Waals surface area contributed by atoms with Crippen LogP contribution in [0.25, 0.3) is 0 Å². The predicted molar refractivity (Wildman–Crippen MR) is 62.1 cm³/mol. The molecule has 88 valence electrons. The van der Waals surface area contributed by atoms with Crippen LogP contribution >= 0.6 is 11.6 Å². The average molecular weight is 244 g/mol. The van der Waals surface area contributed by atoms with Crippen LogP contribution in [0.4, 0.5) is 4.39 Å². The first-order chi connectivity index (χ1) is 7.72. The molecule has 1 aromatic carbocycles. The summed E-state index contributed by atoms with van der Waals surface area (Å²) < 4.78 is 18.6. The Morgan fingerprint density at radius 1 is 1.56 bits per heavy atom. The van der Waals surface area contributed by atoms with Crippen LogP contribution in [0.3, 0.4) is 0 Å². The van der Waals surface area contributed by atoms with Gasteiger partial charge in [-0.05, 0) is 37.2 Å². The molecule has 0 amide bonds.